The molecule has 38 heavy (non-hydrogen) atoms. The van der Waals surface area contributed by atoms with Crippen molar-refractivity contribution < 1.29 is 23.7 Å². The summed E-state index contributed by atoms with van der Waals surface area (Å²) in [7, 11) is 1.94. The van der Waals surface area contributed by atoms with Crippen molar-refractivity contribution in [3.05, 3.63) is 58.0 Å². The molecule has 3 aromatic rings. The number of imidazole rings is 1. The first-order valence-electron chi connectivity index (χ1n) is 13.3. The van der Waals surface area contributed by atoms with Crippen molar-refractivity contribution in [1.29, 1.82) is 0 Å². The summed E-state index contributed by atoms with van der Waals surface area (Å²) in [5.74, 6) is 0.754. The molecule has 0 unspecified atom stereocenters. The third-order valence-corrected chi connectivity index (χ3v) is 7.07. The molecule has 2 aliphatic heterocycles. The number of para-hydroxylation sites is 1. The molecule has 10 heteroatoms. The molecule has 204 valence electrons. The number of ether oxygens (including phenoxy) is 4. The maximum absolute atomic E-state index is 13.0. The first-order chi connectivity index (χ1) is 18.6. The molecule has 0 bridgehead atoms. The zero-order valence-corrected chi connectivity index (χ0v) is 21.9. The van der Waals surface area contributed by atoms with E-state index in [-0.39, 0.29) is 17.6 Å². The number of rotatable bonds is 14. The lowest BCUT2D eigenvalue weighted by Gasteiger charge is -2.22. The summed E-state index contributed by atoms with van der Waals surface area (Å²) < 4.78 is 26.3. The average molecular weight is 525 g/mol. The number of carbonyl (C=O) groups excluding carboxylic acids is 1. The summed E-state index contributed by atoms with van der Waals surface area (Å²) in [6, 6.07) is 12.2. The third-order valence-electron chi connectivity index (χ3n) is 7.07. The Balaban J connectivity index is 0.934. The Bertz CT molecular complexity index is 1320. The van der Waals surface area contributed by atoms with E-state index in [1.54, 1.807) is 0 Å². The highest BCUT2D eigenvalue weighted by Gasteiger charge is 2.24. The van der Waals surface area contributed by atoms with E-state index in [1.165, 1.54) is 5.56 Å². The van der Waals surface area contributed by atoms with E-state index in [4.69, 9.17) is 18.9 Å². The van der Waals surface area contributed by atoms with Crippen molar-refractivity contribution >= 4 is 22.6 Å². The molecule has 10 nitrogen and oxygen atoms in total. The minimum Gasteiger partial charge on any atom is -0.491 e. The Labute approximate surface area is 221 Å². The first-order valence-corrected chi connectivity index (χ1v) is 13.3. The van der Waals surface area contributed by atoms with E-state index in [2.05, 4.69) is 16.7 Å². The van der Waals surface area contributed by atoms with Crippen LogP contribution in [0.15, 0.2) is 41.2 Å². The topological polar surface area (TPSA) is 105 Å². The molecule has 0 spiro atoms. The van der Waals surface area contributed by atoms with Crippen LogP contribution in [0.2, 0.25) is 0 Å². The first kappa shape index (κ1) is 26.4. The average Bonchev–Trinajstić information content (AvgIpc) is 3.20. The lowest BCUT2D eigenvalue weighted by molar-refractivity contribution is -0.116. The lowest BCUT2D eigenvalue weighted by Crippen LogP contribution is -2.39. The number of nitrogens with zero attached hydrogens (tertiary/aromatic N) is 2. The largest absolute Gasteiger partial charge is 0.491 e. The van der Waals surface area contributed by atoms with Crippen LogP contribution in [0.3, 0.4) is 0 Å². The minimum atomic E-state index is 0.0202. The van der Waals surface area contributed by atoms with Gasteiger partial charge >= 0.3 is 5.69 Å². The molecule has 2 aliphatic rings. The highest BCUT2D eigenvalue weighted by Crippen LogP contribution is 2.27. The summed E-state index contributed by atoms with van der Waals surface area (Å²) >= 11 is 0. The molecule has 1 amide bonds. The molecular formula is C28H36N4O6. The molecule has 0 saturated carbocycles. The molecule has 5 rings (SSSR count). The monoisotopic (exact) mass is 524 g/mol. The zero-order chi connectivity index (χ0) is 26.3. The minimum absolute atomic E-state index is 0.0202. The summed E-state index contributed by atoms with van der Waals surface area (Å²) in [5.41, 5.74) is 5.21. The van der Waals surface area contributed by atoms with E-state index < -0.39 is 0 Å². The predicted molar refractivity (Wildman–Crippen MR) is 144 cm³/mol. The summed E-state index contributed by atoms with van der Waals surface area (Å²) in [6.45, 7) is 4.37. The molecule has 0 saturated heterocycles. The fraction of sp³-hybridized carbons (Fsp3) is 0.500. The smallest absolute Gasteiger partial charge is 0.329 e. The number of fused-ring (bicyclic) bond motifs is 1. The van der Waals surface area contributed by atoms with Crippen LogP contribution in [0.1, 0.15) is 17.5 Å². The summed E-state index contributed by atoms with van der Waals surface area (Å²) in [5, 5.41) is 6.17. The van der Waals surface area contributed by atoms with E-state index in [9.17, 15) is 9.59 Å². The Morgan fingerprint density at radius 3 is 2.47 bits per heavy atom. The van der Waals surface area contributed by atoms with Gasteiger partial charge in [0.15, 0.2) is 0 Å². The van der Waals surface area contributed by atoms with Gasteiger partial charge in [-0.05, 0) is 43.1 Å². The van der Waals surface area contributed by atoms with E-state index >= 15 is 0 Å². The van der Waals surface area contributed by atoms with Crippen LogP contribution in [-0.4, -0.2) is 74.4 Å². The second-order valence-electron chi connectivity index (χ2n) is 9.57. The van der Waals surface area contributed by atoms with Gasteiger partial charge in [-0.25, -0.2) is 4.79 Å². The van der Waals surface area contributed by atoms with Crippen molar-refractivity contribution in [1.82, 2.24) is 14.5 Å². The number of anilines is 1. The van der Waals surface area contributed by atoms with Gasteiger partial charge in [-0.3, -0.25) is 13.9 Å². The van der Waals surface area contributed by atoms with Gasteiger partial charge in [0.1, 0.15) is 12.4 Å². The number of amides is 1. The quantitative estimate of drug-likeness (QED) is 0.311. The number of hydrogen-bond donors (Lipinski definition) is 2. The fourth-order valence-electron chi connectivity index (χ4n) is 5.10. The maximum Gasteiger partial charge on any atom is 0.329 e. The van der Waals surface area contributed by atoms with E-state index in [1.807, 2.05) is 46.5 Å². The van der Waals surface area contributed by atoms with Crippen molar-refractivity contribution in [2.75, 3.05) is 58.6 Å². The number of carbonyl (C=O) groups is 1. The highest BCUT2D eigenvalue weighted by atomic mass is 16.6. The molecule has 0 aliphatic carbocycles. The molecule has 3 heterocycles. The number of hydrogen-bond acceptors (Lipinski definition) is 7. The second kappa shape index (κ2) is 12.6. The second-order valence-corrected chi connectivity index (χ2v) is 9.57. The number of nitrogens with one attached hydrogen (secondary N) is 2. The van der Waals surface area contributed by atoms with Crippen LogP contribution in [0.4, 0.5) is 5.69 Å². The number of aromatic nitrogens is 2. The van der Waals surface area contributed by atoms with Crippen LogP contribution < -0.4 is 21.1 Å². The molecule has 1 atom stereocenters. The van der Waals surface area contributed by atoms with Crippen molar-refractivity contribution in [2.24, 2.45) is 0 Å². The van der Waals surface area contributed by atoms with Gasteiger partial charge in [-0.2, -0.15) is 0 Å². The van der Waals surface area contributed by atoms with Gasteiger partial charge in [-0.1, -0.05) is 18.2 Å². The Kier molecular flexibility index (Phi) is 8.75. The number of likely N-dealkylation sites (N-methyl/N-ethyl adjacent to an activating group) is 1. The van der Waals surface area contributed by atoms with Gasteiger partial charge in [0.25, 0.3) is 0 Å². The number of aryl methyl sites for hydroxylation is 1. The van der Waals surface area contributed by atoms with Crippen LogP contribution in [0, 0.1) is 0 Å². The van der Waals surface area contributed by atoms with Crippen LogP contribution >= 0.6 is 0 Å². The van der Waals surface area contributed by atoms with Gasteiger partial charge in [0.2, 0.25) is 5.91 Å². The van der Waals surface area contributed by atoms with Crippen LogP contribution in [0.25, 0.3) is 11.0 Å². The Hall–Kier alpha value is -3.18. The molecule has 2 N–H and O–H groups in total. The summed E-state index contributed by atoms with van der Waals surface area (Å²) in [4.78, 5) is 24.6. The van der Waals surface area contributed by atoms with Crippen LogP contribution in [-0.2, 0) is 44.9 Å². The molecular weight excluding hydrogens is 488 g/mol. The van der Waals surface area contributed by atoms with Crippen LogP contribution in [0.5, 0.6) is 5.75 Å². The van der Waals surface area contributed by atoms with E-state index in [0.717, 1.165) is 35.1 Å². The van der Waals surface area contributed by atoms with Gasteiger partial charge in [-0.15, -0.1) is 0 Å². The standard InChI is InChI=1S/C28H36N4O6/c1-29-22-17-21-3-2-4-25-27(21)32(19-22)28(34)31(25)9-10-35-11-12-36-13-14-37-15-16-38-23-7-5-20-6-8-26(33)30-24(20)18-23/h2-5,7,18,22,29H,6,8-17,19H2,1H3,(H,30,33)/t22-/m1/s1. The van der Waals surface area contributed by atoms with Gasteiger partial charge in [0.05, 0.1) is 57.2 Å². The highest BCUT2D eigenvalue weighted by molar-refractivity contribution is 5.94. The molecule has 0 fully saturated rings. The SMILES string of the molecule is CN[C@@H]1Cc2cccc3c2n(c(=O)n3CCOCCOCCOCCOc2ccc3c(c2)NC(=O)CC3)C1. The Morgan fingerprint density at radius 1 is 0.921 bits per heavy atom. The lowest BCUT2D eigenvalue weighted by atomic mass is 10.0. The number of benzene rings is 2. The van der Waals surface area contributed by atoms with Gasteiger partial charge in [0, 0.05) is 30.8 Å². The zero-order valence-electron chi connectivity index (χ0n) is 21.9. The Morgan fingerprint density at radius 2 is 1.68 bits per heavy atom. The van der Waals surface area contributed by atoms with Gasteiger partial charge < -0.3 is 29.6 Å². The normalized spacial score (nSPS) is 16.4. The van der Waals surface area contributed by atoms with Crippen molar-refractivity contribution in [3.8, 4) is 5.75 Å². The molecule has 0 radical (unpaired) electrons. The van der Waals surface area contributed by atoms with Crippen molar-refractivity contribution in [2.45, 2.75) is 38.4 Å². The maximum atomic E-state index is 13.0. The third kappa shape index (κ3) is 6.10. The molecule has 2 aromatic carbocycles. The molecule has 1 aromatic heterocycles. The van der Waals surface area contributed by atoms with Crippen molar-refractivity contribution in [3.63, 3.8) is 0 Å². The fourth-order valence-corrected chi connectivity index (χ4v) is 5.10. The van der Waals surface area contributed by atoms with E-state index in [0.29, 0.717) is 71.5 Å². The predicted octanol–water partition coefficient (Wildman–Crippen LogP) is 1.96. The summed E-state index contributed by atoms with van der Waals surface area (Å²) in [6.07, 6.45) is 2.22.